The molecule has 0 atom stereocenters. The van der Waals surface area contributed by atoms with Crippen molar-refractivity contribution in [2.24, 2.45) is 0 Å². The lowest BCUT2D eigenvalue weighted by Crippen LogP contribution is -2.21. The maximum Gasteiger partial charge on any atom is 0.573 e. The Balaban J connectivity index is 1.48. The van der Waals surface area contributed by atoms with Crippen LogP contribution in [0.25, 0.3) is 27.7 Å². The van der Waals surface area contributed by atoms with E-state index in [0.29, 0.717) is 16.8 Å². The summed E-state index contributed by atoms with van der Waals surface area (Å²) in [4.78, 5) is 17.4. The van der Waals surface area contributed by atoms with Crippen molar-refractivity contribution in [3.05, 3.63) is 95.2 Å². The third kappa shape index (κ3) is 3.80. The first-order valence-corrected chi connectivity index (χ1v) is 9.65. The van der Waals surface area contributed by atoms with Gasteiger partial charge in [-0.15, -0.1) is 18.3 Å². The molecule has 0 spiro atoms. The molecule has 0 radical (unpaired) electrons. The molecule has 0 aliphatic carbocycles. The SMILES string of the molecule is O=c1n(Cc2cccc3cccnc23)nc2ccc(-c3ccc(OC(F)(F)F)cc3)cn12. The number of pyridine rings is 2. The van der Waals surface area contributed by atoms with Gasteiger partial charge in [0, 0.05) is 23.3 Å². The lowest BCUT2D eigenvalue weighted by Gasteiger charge is -2.09. The maximum absolute atomic E-state index is 13.0. The summed E-state index contributed by atoms with van der Waals surface area (Å²) in [5.74, 6) is -0.309. The Morgan fingerprint density at radius 1 is 0.906 bits per heavy atom. The van der Waals surface area contributed by atoms with Gasteiger partial charge in [-0.3, -0.25) is 4.98 Å². The summed E-state index contributed by atoms with van der Waals surface area (Å²) in [6.45, 7) is 0.258. The van der Waals surface area contributed by atoms with Crippen LogP contribution in [0.2, 0.25) is 0 Å². The van der Waals surface area contributed by atoms with Gasteiger partial charge in [-0.1, -0.05) is 36.4 Å². The second kappa shape index (κ2) is 7.52. The van der Waals surface area contributed by atoms with E-state index in [4.69, 9.17) is 0 Å². The Labute approximate surface area is 179 Å². The molecule has 9 heteroatoms. The van der Waals surface area contributed by atoms with Gasteiger partial charge >= 0.3 is 12.1 Å². The predicted molar refractivity (Wildman–Crippen MR) is 112 cm³/mol. The summed E-state index contributed by atoms with van der Waals surface area (Å²) in [5, 5.41) is 5.37. The van der Waals surface area contributed by atoms with Crippen molar-refractivity contribution < 1.29 is 17.9 Å². The Hall–Kier alpha value is -4.14. The van der Waals surface area contributed by atoms with E-state index in [2.05, 4.69) is 14.8 Å². The van der Waals surface area contributed by atoms with Crippen molar-refractivity contribution >= 4 is 16.6 Å². The minimum absolute atomic E-state index is 0.258. The highest BCUT2D eigenvalue weighted by Crippen LogP contribution is 2.26. The van der Waals surface area contributed by atoms with Gasteiger partial charge in [0.25, 0.3) is 0 Å². The molecule has 5 rings (SSSR count). The minimum Gasteiger partial charge on any atom is -0.406 e. The summed E-state index contributed by atoms with van der Waals surface area (Å²) in [5.41, 5.74) is 3.11. The molecule has 0 N–H and O–H groups in total. The number of benzene rings is 2. The van der Waals surface area contributed by atoms with Gasteiger partial charge in [-0.25, -0.2) is 13.9 Å². The fraction of sp³-hybridized carbons (Fsp3) is 0.0870. The molecule has 0 aliphatic rings. The van der Waals surface area contributed by atoms with Crippen LogP contribution in [-0.2, 0) is 6.54 Å². The summed E-state index contributed by atoms with van der Waals surface area (Å²) in [6, 6.07) is 18.5. The van der Waals surface area contributed by atoms with Gasteiger partial charge in [0.15, 0.2) is 5.65 Å². The summed E-state index contributed by atoms with van der Waals surface area (Å²) in [7, 11) is 0. The molecule has 32 heavy (non-hydrogen) atoms. The minimum atomic E-state index is -4.75. The third-order valence-corrected chi connectivity index (χ3v) is 5.03. The van der Waals surface area contributed by atoms with E-state index in [1.807, 2.05) is 30.3 Å². The highest BCUT2D eigenvalue weighted by Gasteiger charge is 2.31. The van der Waals surface area contributed by atoms with Crippen LogP contribution < -0.4 is 10.4 Å². The molecule has 0 saturated carbocycles. The zero-order valence-electron chi connectivity index (χ0n) is 16.5. The molecule has 6 nitrogen and oxygen atoms in total. The van der Waals surface area contributed by atoms with Crippen LogP contribution in [0.15, 0.2) is 83.9 Å². The quantitative estimate of drug-likeness (QED) is 0.411. The molecule has 2 aromatic carbocycles. The van der Waals surface area contributed by atoms with E-state index in [0.717, 1.165) is 16.5 Å². The van der Waals surface area contributed by atoms with E-state index >= 15 is 0 Å². The molecule has 0 unspecified atom stereocenters. The highest BCUT2D eigenvalue weighted by atomic mass is 19.4. The topological polar surface area (TPSA) is 61.4 Å². The molecule has 5 aromatic rings. The largest absolute Gasteiger partial charge is 0.573 e. The summed E-state index contributed by atoms with van der Waals surface area (Å²) in [6.07, 6.45) is -1.43. The van der Waals surface area contributed by atoms with Crippen molar-refractivity contribution in [1.82, 2.24) is 19.2 Å². The zero-order valence-corrected chi connectivity index (χ0v) is 16.5. The number of aromatic nitrogens is 4. The Kier molecular flexibility index (Phi) is 4.66. The van der Waals surface area contributed by atoms with E-state index in [1.54, 1.807) is 24.5 Å². The van der Waals surface area contributed by atoms with Gasteiger partial charge in [-0.05, 0) is 41.5 Å². The van der Waals surface area contributed by atoms with Crippen LogP contribution in [0.5, 0.6) is 5.75 Å². The number of alkyl halides is 3. The Morgan fingerprint density at radius 2 is 1.66 bits per heavy atom. The molecule has 0 aliphatic heterocycles. The van der Waals surface area contributed by atoms with Crippen molar-refractivity contribution in [1.29, 1.82) is 0 Å². The van der Waals surface area contributed by atoms with E-state index in [-0.39, 0.29) is 18.0 Å². The second-order valence-corrected chi connectivity index (χ2v) is 7.15. The lowest BCUT2D eigenvalue weighted by molar-refractivity contribution is -0.274. The molecular weight excluding hydrogens is 421 g/mol. The van der Waals surface area contributed by atoms with Crippen molar-refractivity contribution in [2.75, 3.05) is 0 Å². The van der Waals surface area contributed by atoms with Gasteiger partial charge in [0.2, 0.25) is 0 Å². The van der Waals surface area contributed by atoms with Crippen molar-refractivity contribution in [3.63, 3.8) is 0 Å². The molecule has 0 saturated heterocycles. The van der Waals surface area contributed by atoms with E-state index in [1.165, 1.54) is 33.3 Å². The summed E-state index contributed by atoms with van der Waals surface area (Å²) < 4.78 is 43.7. The number of halogens is 3. The first-order chi connectivity index (χ1) is 15.4. The molecular formula is C23H15F3N4O2. The molecule has 0 bridgehead atoms. The normalized spacial score (nSPS) is 11.8. The molecule has 160 valence electrons. The van der Waals surface area contributed by atoms with Crippen LogP contribution in [0, 0.1) is 0 Å². The van der Waals surface area contributed by atoms with Crippen LogP contribution in [-0.4, -0.2) is 25.5 Å². The Bertz CT molecular complexity index is 1480. The van der Waals surface area contributed by atoms with E-state index < -0.39 is 6.36 Å². The van der Waals surface area contributed by atoms with Gasteiger partial charge in [-0.2, -0.15) is 0 Å². The van der Waals surface area contributed by atoms with Gasteiger partial charge in [0.1, 0.15) is 5.75 Å². The third-order valence-electron chi connectivity index (χ3n) is 5.03. The number of rotatable bonds is 4. The average molecular weight is 436 g/mol. The first-order valence-electron chi connectivity index (χ1n) is 9.65. The maximum atomic E-state index is 13.0. The first kappa shape index (κ1) is 19.8. The number of fused-ring (bicyclic) bond motifs is 2. The monoisotopic (exact) mass is 436 g/mol. The van der Waals surface area contributed by atoms with Gasteiger partial charge in [0.05, 0.1) is 12.1 Å². The number of ether oxygens (including phenoxy) is 1. The molecule has 0 amide bonds. The molecule has 3 aromatic heterocycles. The predicted octanol–water partition coefficient (Wildman–Crippen LogP) is 4.66. The smallest absolute Gasteiger partial charge is 0.406 e. The van der Waals surface area contributed by atoms with Crippen LogP contribution >= 0.6 is 0 Å². The highest BCUT2D eigenvalue weighted by molar-refractivity contribution is 5.81. The lowest BCUT2D eigenvalue weighted by atomic mass is 10.1. The molecule has 0 fully saturated rings. The fourth-order valence-electron chi connectivity index (χ4n) is 3.60. The fourth-order valence-corrected chi connectivity index (χ4v) is 3.60. The standard InChI is InChI=1S/C23H15F3N4O2/c24-23(25,26)32-19-9-6-15(7-10-19)17-8-11-20-28-30(22(31)29(20)13-17)14-18-4-1-3-16-5-2-12-27-21(16)18/h1-13H,14H2. The zero-order chi connectivity index (χ0) is 22.3. The number of hydrogen-bond acceptors (Lipinski definition) is 4. The Morgan fingerprint density at radius 3 is 2.44 bits per heavy atom. The van der Waals surface area contributed by atoms with Crippen molar-refractivity contribution in [3.8, 4) is 16.9 Å². The van der Waals surface area contributed by atoms with Crippen LogP contribution in [0.1, 0.15) is 5.56 Å². The average Bonchev–Trinajstić information content (AvgIpc) is 3.08. The van der Waals surface area contributed by atoms with Gasteiger partial charge < -0.3 is 4.74 Å². The van der Waals surface area contributed by atoms with Crippen LogP contribution in [0.4, 0.5) is 13.2 Å². The second-order valence-electron chi connectivity index (χ2n) is 7.15. The van der Waals surface area contributed by atoms with E-state index in [9.17, 15) is 18.0 Å². The number of hydrogen-bond donors (Lipinski definition) is 0. The number of para-hydroxylation sites is 1. The van der Waals surface area contributed by atoms with Crippen molar-refractivity contribution in [2.45, 2.75) is 12.9 Å². The number of nitrogens with zero attached hydrogens (tertiary/aromatic N) is 4. The molecule has 3 heterocycles. The van der Waals surface area contributed by atoms with Crippen LogP contribution in [0.3, 0.4) is 0 Å². The summed E-state index contributed by atoms with van der Waals surface area (Å²) >= 11 is 0.